The summed E-state index contributed by atoms with van der Waals surface area (Å²) in [4.78, 5) is 27.2. The van der Waals surface area contributed by atoms with E-state index >= 15 is 0 Å². The molecule has 2 unspecified atom stereocenters. The van der Waals surface area contributed by atoms with E-state index in [0.717, 1.165) is 25.7 Å². The van der Waals surface area contributed by atoms with Crippen molar-refractivity contribution in [1.29, 1.82) is 0 Å². The highest BCUT2D eigenvalue weighted by Crippen LogP contribution is 2.42. The lowest BCUT2D eigenvalue weighted by atomic mass is 9.65. The van der Waals surface area contributed by atoms with Gasteiger partial charge in [0.2, 0.25) is 5.91 Å². The molecule has 1 aromatic carbocycles. The first-order valence-electron chi connectivity index (χ1n) is 9.89. The molecule has 0 spiro atoms. The van der Waals surface area contributed by atoms with Gasteiger partial charge in [-0.2, -0.15) is 0 Å². The monoisotopic (exact) mass is 389 g/mol. The molecule has 154 valence electrons. The molecule has 0 aromatic heterocycles. The van der Waals surface area contributed by atoms with Crippen LogP contribution in [0, 0.1) is 17.8 Å². The van der Waals surface area contributed by atoms with Gasteiger partial charge in [-0.05, 0) is 43.6 Å². The second-order valence-corrected chi connectivity index (χ2v) is 8.14. The molecule has 2 aliphatic carbocycles. The van der Waals surface area contributed by atoms with Crippen molar-refractivity contribution in [3.8, 4) is 11.5 Å². The number of nitrogens with two attached hydrogens (primary N) is 1. The number of amides is 2. The molecule has 2 aliphatic rings. The summed E-state index contributed by atoms with van der Waals surface area (Å²) >= 11 is 0. The molecule has 0 heterocycles. The number of fused-ring (bicyclic) bond motifs is 2. The first kappa shape index (κ1) is 20.5. The molecule has 0 saturated heterocycles. The Balaban J connectivity index is 1.86. The summed E-state index contributed by atoms with van der Waals surface area (Å²) in [7, 11) is 6.40. The third-order valence-electron chi connectivity index (χ3n) is 6.20. The highest BCUT2D eigenvalue weighted by atomic mass is 16.5. The van der Waals surface area contributed by atoms with Gasteiger partial charge in [0.15, 0.2) is 11.5 Å². The molecule has 3 rings (SSSR count). The Morgan fingerprint density at radius 1 is 1.07 bits per heavy atom. The topological polar surface area (TPSA) is 93.9 Å². The molecule has 2 saturated carbocycles. The van der Waals surface area contributed by atoms with E-state index in [4.69, 9.17) is 15.2 Å². The van der Waals surface area contributed by atoms with Gasteiger partial charge in [0.05, 0.1) is 25.5 Å². The van der Waals surface area contributed by atoms with Crippen molar-refractivity contribution < 1.29 is 19.1 Å². The van der Waals surface area contributed by atoms with Crippen LogP contribution in [0.1, 0.15) is 42.5 Å². The number of carbonyl (C=O) groups is 2. The highest BCUT2D eigenvalue weighted by molar-refractivity contribution is 6.04. The Bertz CT molecular complexity index is 735. The van der Waals surface area contributed by atoms with Gasteiger partial charge >= 0.3 is 0 Å². The van der Waals surface area contributed by atoms with E-state index in [1.54, 1.807) is 26.2 Å². The van der Waals surface area contributed by atoms with E-state index in [-0.39, 0.29) is 23.8 Å². The molecule has 0 aliphatic heterocycles. The second-order valence-electron chi connectivity index (χ2n) is 8.14. The summed E-state index contributed by atoms with van der Waals surface area (Å²) in [5.74, 6) is 1.40. The number of carbonyl (C=O) groups excluding carboxylic acids is 2. The Hall–Kier alpha value is -2.28. The SMILES string of the molecule is COc1cc(NC(=O)C2CC3CCCC(C2)C3N)c(C(=O)N(C)C)cc1OC. The predicted octanol–water partition coefficient (Wildman–Crippen LogP) is 2.50. The van der Waals surface area contributed by atoms with Crippen LogP contribution in [0.15, 0.2) is 12.1 Å². The van der Waals surface area contributed by atoms with Crippen LogP contribution < -0.4 is 20.5 Å². The Morgan fingerprint density at radius 2 is 1.64 bits per heavy atom. The van der Waals surface area contributed by atoms with Gasteiger partial charge < -0.3 is 25.4 Å². The number of hydrogen-bond donors (Lipinski definition) is 2. The van der Waals surface area contributed by atoms with Crippen molar-refractivity contribution in [3.63, 3.8) is 0 Å². The van der Waals surface area contributed by atoms with Gasteiger partial charge in [0.1, 0.15) is 0 Å². The van der Waals surface area contributed by atoms with Crippen molar-refractivity contribution in [3.05, 3.63) is 17.7 Å². The maximum absolute atomic E-state index is 13.1. The van der Waals surface area contributed by atoms with Gasteiger partial charge in [-0.3, -0.25) is 9.59 Å². The van der Waals surface area contributed by atoms with Crippen LogP contribution in [0.4, 0.5) is 5.69 Å². The van der Waals surface area contributed by atoms with Crippen molar-refractivity contribution in [1.82, 2.24) is 4.90 Å². The third kappa shape index (κ3) is 3.94. The van der Waals surface area contributed by atoms with E-state index in [2.05, 4.69) is 5.32 Å². The van der Waals surface area contributed by atoms with Crippen molar-refractivity contribution in [2.75, 3.05) is 33.6 Å². The zero-order chi connectivity index (χ0) is 20.4. The lowest BCUT2D eigenvalue weighted by molar-refractivity contribution is -0.122. The van der Waals surface area contributed by atoms with Crippen LogP contribution in [0.5, 0.6) is 11.5 Å². The summed E-state index contributed by atoms with van der Waals surface area (Å²) in [5.41, 5.74) is 7.18. The van der Waals surface area contributed by atoms with Crippen molar-refractivity contribution in [2.24, 2.45) is 23.5 Å². The van der Waals surface area contributed by atoms with Crippen LogP contribution >= 0.6 is 0 Å². The molecule has 2 fully saturated rings. The van der Waals surface area contributed by atoms with Gasteiger partial charge in [-0.1, -0.05) is 6.42 Å². The Morgan fingerprint density at radius 3 is 2.18 bits per heavy atom. The van der Waals surface area contributed by atoms with E-state index in [1.165, 1.54) is 25.5 Å². The zero-order valence-corrected chi connectivity index (χ0v) is 17.2. The standard InChI is InChI=1S/C21H31N3O4/c1-24(2)21(26)15-10-17(27-3)18(28-4)11-16(15)23-20(25)14-8-12-6-5-7-13(9-14)19(12)22/h10-14,19H,5-9,22H2,1-4H3,(H,23,25). The van der Waals surface area contributed by atoms with Crippen LogP contribution in [0.2, 0.25) is 0 Å². The average molecular weight is 389 g/mol. The molecule has 2 amide bonds. The summed E-state index contributed by atoms with van der Waals surface area (Å²) in [6.45, 7) is 0. The Labute approximate surface area is 166 Å². The minimum atomic E-state index is -0.209. The number of methoxy groups -OCH3 is 2. The van der Waals surface area contributed by atoms with Crippen LogP contribution in [0.25, 0.3) is 0 Å². The maximum Gasteiger partial charge on any atom is 0.255 e. The van der Waals surface area contributed by atoms with Crippen LogP contribution in [0.3, 0.4) is 0 Å². The molecule has 7 heteroatoms. The average Bonchev–Trinajstić information content (AvgIpc) is 2.66. The van der Waals surface area contributed by atoms with Crippen LogP contribution in [-0.2, 0) is 4.79 Å². The van der Waals surface area contributed by atoms with Crippen LogP contribution in [-0.4, -0.2) is 51.1 Å². The molecular weight excluding hydrogens is 358 g/mol. The number of anilines is 1. The molecule has 2 atom stereocenters. The molecule has 1 aromatic rings. The summed E-state index contributed by atoms with van der Waals surface area (Å²) in [6, 6.07) is 3.48. The van der Waals surface area contributed by atoms with E-state index < -0.39 is 0 Å². The fraction of sp³-hybridized carbons (Fsp3) is 0.619. The molecule has 2 bridgehead atoms. The molecule has 0 radical (unpaired) electrons. The zero-order valence-electron chi connectivity index (χ0n) is 17.2. The predicted molar refractivity (Wildman–Crippen MR) is 108 cm³/mol. The van der Waals surface area contributed by atoms with E-state index in [1.807, 2.05) is 0 Å². The molecule has 28 heavy (non-hydrogen) atoms. The largest absolute Gasteiger partial charge is 0.493 e. The Kier molecular flexibility index (Phi) is 6.13. The minimum absolute atomic E-state index is 0.0520. The first-order chi connectivity index (χ1) is 13.3. The second kappa shape index (κ2) is 8.39. The summed E-state index contributed by atoms with van der Waals surface area (Å²) < 4.78 is 10.7. The maximum atomic E-state index is 13.1. The van der Waals surface area contributed by atoms with Gasteiger partial charge in [0.25, 0.3) is 5.91 Å². The minimum Gasteiger partial charge on any atom is -0.493 e. The highest BCUT2D eigenvalue weighted by Gasteiger charge is 2.40. The lowest BCUT2D eigenvalue weighted by Crippen LogP contribution is -2.48. The number of benzene rings is 1. The molecule has 3 N–H and O–H groups in total. The number of hydrogen-bond acceptors (Lipinski definition) is 5. The number of nitrogens with zero attached hydrogens (tertiary/aromatic N) is 1. The van der Waals surface area contributed by atoms with E-state index in [0.29, 0.717) is 34.6 Å². The number of nitrogens with one attached hydrogen (secondary N) is 1. The quantitative estimate of drug-likeness (QED) is 0.807. The normalized spacial score (nSPS) is 26.3. The fourth-order valence-corrected chi connectivity index (χ4v) is 4.64. The summed E-state index contributed by atoms with van der Waals surface area (Å²) in [6.07, 6.45) is 5.03. The van der Waals surface area contributed by atoms with Crippen molar-refractivity contribution >= 4 is 17.5 Å². The van der Waals surface area contributed by atoms with E-state index in [9.17, 15) is 9.59 Å². The fourth-order valence-electron chi connectivity index (χ4n) is 4.64. The lowest BCUT2D eigenvalue weighted by Gasteiger charge is -2.43. The first-order valence-corrected chi connectivity index (χ1v) is 9.89. The van der Waals surface area contributed by atoms with Gasteiger partial charge in [-0.15, -0.1) is 0 Å². The number of ether oxygens (including phenoxy) is 2. The molecular formula is C21H31N3O4. The third-order valence-corrected chi connectivity index (χ3v) is 6.20. The summed E-state index contributed by atoms with van der Waals surface area (Å²) in [5, 5.41) is 2.98. The molecule has 7 nitrogen and oxygen atoms in total. The smallest absolute Gasteiger partial charge is 0.255 e. The van der Waals surface area contributed by atoms with Crippen molar-refractivity contribution in [2.45, 2.75) is 38.1 Å². The van der Waals surface area contributed by atoms with Gasteiger partial charge in [-0.25, -0.2) is 0 Å². The van der Waals surface area contributed by atoms with Gasteiger partial charge in [0, 0.05) is 32.1 Å². The number of rotatable bonds is 5.